The van der Waals surface area contributed by atoms with Crippen LogP contribution in [0.3, 0.4) is 0 Å². The molecule has 6 aromatic heterocycles. The topological polar surface area (TPSA) is 499 Å². The number of nitrogens with one attached hydrogen (secondary N) is 12. The smallest absolute Gasteiger partial charge is 0.338 e. The molecule has 0 saturated carbocycles. The van der Waals surface area contributed by atoms with Gasteiger partial charge < -0.3 is 74.2 Å². The van der Waals surface area contributed by atoms with Gasteiger partial charge >= 0.3 is 35.8 Å². The molecule has 24 rings (SSSR count). The predicted octanol–water partition coefficient (Wildman–Crippen LogP) is 10.8. The molecule has 12 aliphatic rings. The number of hydrogen-bond donors (Lipinski definition) is 12. The number of fused-ring (bicyclic) bond motifs is 6. The van der Waals surface area contributed by atoms with Crippen molar-refractivity contribution < 1.29 is 94.9 Å². The van der Waals surface area contributed by atoms with E-state index in [1.165, 1.54) is 46.3 Å². The van der Waals surface area contributed by atoms with Crippen LogP contribution >= 0.6 is 107 Å². The maximum absolute atomic E-state index is 11.7. The van der Waals surface area contributed by atoms with Gasteiger partial charge in [-0.2, -0.15) is 0 Å². The summed E-state index contributed by atoms with van der Waals surface area (Å²) in [6.07, 6.45) is 13.3. The fourth-order valence-electron chi connectivity index (χ4n) is 14.7. The summed E-state index contributed by atoms with van der Waals surface area (Å²) in [5.74, 6) is -1.91. The van der Waals surface area contributed by atoms with Crippen molar-refractivity contribution in [3.05, 3.63) is 284 Å². The van der Waals surface area contributed by atoms with Gasteiger partial charge in [0, 0.05) is 119 Å². The molecule has 0 bridgehead atoms. The first-order valence-corrected chi connectivity index (χ1v) is 45.7. The average molecular weight is 2010 g/mol. The number of rotatable bonds is 12. The molecule has 12 aromatic rings. The van der Waals surface area contributed by atoms with Crippen LogP contribution < -0.4 is 58.5 Å². The minimum atomic E-state index is -0.318. The number of carbonyl (C=O) groups is 12. The summed E-state index contributed by atoms with van der Waals surface area (Å²) < 4.78 is 40.8. The van der Waals surface area contributed by atoms with Crippen LogP contribution in [0.1, 0.15) is 135 Å². The Balaban J connectivity index is 0.000000106. The lowest BCUT2D eigenvalue weighted by Crippen LogP contribution is -2.21. The van der Waals surface area contributed by atoms with E-state index in [-0.39, 0.29) is 95.9 Å². The number of H-pyrrole nitrogens is 1. The second-order valence-corrected chi connectivity index (χ2v) is 35.8. The van der Waals surface area contributed by atoms with Crippen molar-refractivity contribution >= 4 is 245 Å². The Labute approximate surface area is 819 Å². The molecule has 37 nitrogen and oxygen atoms in total. The number of thiazole rings is 3. The van der Waals surface area contributed by atoms with Crippen molar-refractivity contribution in [2.45, 2.75) is 46.1 Å². The summed E-state index contributed by atoms with van der Waals surface area (Å²) in [6, 6.07) is 38.1. The zero-order valence-electron chi connectivity index (χ0n) is 69.9. The maximum atomic E-state index is 11.7. The SMILES string of the molecule is O=C1CC(=S)N/C1=C/c1cnc(-c2ccc3c(c2)COC3=O)o1.O=C1NC(=S)N/C1=C/c1ccc(-c2ccc3c(c2)COC3=O)[nH]1.O=C1NC(=S)N/C1=C\c1cc(-c2ccc3c(c2)COC3=O)no1.O=C1NC(=S)N/C1=C\c1cnc(-c2ccc3c(c2)COC3=O)s1.O=C1NC(=S)N/C1=C\c1csc(-c2ccc3c(c2)COC3=O)n1.O=C1NC(=S)N/C1=C\c1nc(-c2ccc3c(c2)COC3=O)cs1. The normalized spacial score (nSPS) is 18.0. The lowest BCUT2D eigenvalue weighted by atomic mass is 10.0. The Bertz CT molecular complexity index is 6550. The maximum Gasteiger partial charge on any atom is 0.338 e. The minimum Gasteiger partial charge on any atom is -0.457 e. The largest absolute Gasteiger partial charge is 0.457 e. The lowest BCUT2D eigenvalue weighted by molar-refractivity contribution is -0.116. The van der Waals surface area contributed by atoms with Gasteiger partial charge in [-0.25, -0.2) is 48.7 Å². The molecule has 684 valence electrons. The molecular weight excluding hydrogens is 1950 g/mol. The highest BCUT2D eigenvalue weighted by Gasteiger charge is 2.32. The van der Waals surface area contributed by atoms with E-state index < -0.39 is 0 Å². The number of aromatic nitrogens is 6. The standard InChI is InChI=1S/C16H11N3O3S.C16H10N2O4S.C15H9N3O4S.3C15H9N3O3S2/c20-14-13(18-16(23)19-14)6-10-2-4-12(17-10)8-1-3-11-9(5-8)7-22-15(11)21;19-13-5-14(23)18-12(13)4-10-6-17-15(22-10)8-1-2-11-9(3-8)7-21-16(11)20;19-13-12(16-15(23)17-13)5-9-4-11(18-22-9)7-1-2-10-8(3-7)6-21-14(10)20;19-12-11(17-15(22)18-12)4-9-5-16-13(23-9)7-1-2-10-8(3-7)6-21-14(10)20;19-12-11(17-15(22)18-12)4-9-6-23-13(16-9)7-1-2-10-8(3-7)5-21-14(10)20;19-13-10(17-15(22)18-13)4-12-16-11(6-23-12)7-1-2-9-8(3-7)5-21-14(9)20/h1-6,17H,7H2,(H2,18,19,20,23);1-4,6H,5,7H2,(H,18,23);1-5H,6H2,(H2,16,17,19,23);1-5H,6H2,(H2,17,18,19,22);2*1-4,6H,5H2,(H2,17,18,19,22)/b13-6+;12-4+;12-5-;2*11-4-;10-4-. The Morgan fingerprint density at radius 1 is 0.341 bits per heavy atom. The number of cyclic esters (lactones) is 6. The number of oxazole rings is 1. The quantitative estimate of drug-likeness (QED) is 0.0234. The highest BCUT2D eigenvalue weighted by molar-refractivity contribution is 7.81. The van der Waals surface area contributed by atoms with E-state index in [1.54, 1.807) is 91.2 Å². The number of hydrogen-bond acceptors (Lipinski definition) is 34. The van der Waals surface area contributed by atoms with Crippen LogP contribution in [0.4, 0.5) is 0 Å². The van der Waals surface area contributed by atoms with Crippen LogP contribution in [-0.2, 0) is 96.8 Å². The summed E-state index contributed by atoms with van der Waals surface area (Å²) in [6.45, 7) is 1.72. The molecule has 0 unspecified atom stereocenters. The van der Waals surface area contributed by atoms with Crippen molar-refractivity contribution in [1.82, 2.24) is 88.6 Å². The molecule has 5 amide bonds. The van der Waals surface area contributed by atoms with Gasteiger partial charge in [0.15, 0.2) is 37.1 Å². The molecule has 46 heteroatoms. The van der Waals surface area contributed by atoms with Crippen LogP contribution in [0.2, 0.25) is 0 Å². The zero-order valence-corrected chi connectivity index (χ0v) is 77.3. The van der Waals surface area contributed by atoms with Gasteiger partial charge in [0.05, 0.1) is 68.1 Å². The number of benzene rings is 6. The Hall–Kier alpha value is -16.5. The monoisotopic (exact) mass is 2010 g/mol. The highest BCUT2D eigenvalue weighted by atomic mass is 32.1. The minimum absolute atomic E-state index is 0.0684. The van der Waals surface area contributed by atoms with Crippen molar-refractivity contribution in [2.75, 3.05) is 0 Å². The van der Waals surface area contributed by atoms with E-state index in [9.17, 15) is 57.5 Å². The van der Waals surface area contributed by atoms with E-state index in [1.807, 2.05) is 83.6 Å². The van der Waals surface area contributed by atoms with Gasteiger partial charge in [-0.3, -0.25) is 55.4 Å². The molecule has 12 N–H and O–H groups in total. The van der Waals surface area contributed by atoms with Gasteiger partial charge in [0.1, 0.15) is 94.6 Å². The first-order valence-electron chi connectivity index (χ1n) is 40.7. The van der Waals surface area contributed by atoms with Gasteiger partial charge in [0.2, 0.25) is 5.89 Å². The van der Waals surface area contributed by atoms with Crippen LogP contribution in [0, 0.1) is 0 Å². The zero-order chi connectivity index (χ0) is 95.8. The van der Waals surface area contributed by atoms with Gasteiger partial charge in [-0.15, -0.1) is 34.0 Å². The molecule has 6 fully saturated rings. The third-order valence-corrected chi connectivity index (χ3v) is 25.3. The number of aromatic amines is 1. The number of ketones is 1. The molecular formula is C92H57N17O20S9. The molecule has 6 saturated heterocycles. The lowest BCUT2D eigenvalue weighted by Gasteiger charge is -2.00. The second kappa shape index (κ2) is 38.5. The van der Waals surface area contributed by atoms with E-state index in [0.29, 0.717) is 153 Å². The molecule has 12 aliphatic heterocycles. The molecule has 0 atom stereocenters. The van der Waals surface area contributed by atoms with Crippen molar-refractivity contribution in [1.29, 1.82) is 0 Å². The van der Waals surface area contributed by atoms with Gasteiger partial charge in [-0.05, 0) is 176 Å². The van der Waals surface area contributed by atoms with Gasteiger partial charge in [0.25, 0.3) is 29.5 Å². The van der Waals surface area contributed by atoms with E-state index in [0.717, 1.165) is 98.7 Å². The Morgan fingerprint density at radius 2 is 0.754 bits per heavy atom. The molecule has 0 radical (unpaired) electrons. The van der Waals surface area contributed by atoms with Crippen molar-refractivity contribution in [2.24, 2.45) is 0 Å². The fourth-order valence-corrected chi connectivity index (χ4v) is 18.3. The molecule has 18 heterocycles. The summed E-state index contributed by atoms with van der Waals surface area (Å²) in [5, 5.41) is 40.7. The van der Waals surface area contributed by atoms with E-state index in [2.05, 4.69) is 88.6 Å². The first-order chi connectivity index (χ1) is 66.6. The average Bonchev–Trinajstić information content (AvgIpc) is 1.67. The second-order valence-electron chi connectivity index (χ2n) is 30.5. The third kappa shape index (κ3) is 20.0. The fraction of sp³-hybridized carbons (Fsp3) is 0.0761. The molecule has 6 aromatic carbocycles. The summed E-state index contributed by atoms with van der Waals surface area (Å²) in [7, 11) is 0. The van der Waals surface area contributed by atoms with Gasteiger partial charge in [-0.1, -0.05) is 47.7 Å². The number of carbonyl (C=O) groups excluding carboxylic acids is 12. The van der Waals surface area contributed by atoms with E-state index >= 15 is 0 Å². The number of amides is 5. The number of Topliss-reactive ketones (excluding diaryl/α,β-unsaturated/α-hetero) is 1. The van der Waals surface area contributed by atoms with Crippen molar-refractivity contribution in [3.8, 4) is 66.4 Å². The predicted molar refractivity (Wildman–Crippen MR) is 520 cm³/mol. The molecule has 138 heavy (non-hydrogen) atoms. The number of ether oxygens (including phenoxy) is 6. The van der Waals surface area contributed by atoms with Crippen molar-refractivity contribution in [3.63, 3.8) is 0 Å². The molecule has 0 aliphatic carbocycles. The Morgan fingerprint density at radius 3 is 1.23 bits per heavy atom. The summed E-state index contributed by atoms with van der Waals surface area (Å²) in [5.41, 5.74) is 19.9. The first kappa shape index (κ1) is 90.7. The molecule has 0 spiro atoms. The van der Waals surface area contributed by atoms with Crippen LogP contribution in [0.25, 0.3) is 103 Å². The summed E-state index contributed by atoms with van der Waals surface area (Å²) in [4.78, 5) is 161. The number of thiocarbonyl (C=S) groups is 6. The van der Waals surface area contributed by atoms with Crippen LogP contribution in [-0.4, -0.2) is 132 Å². The highest BCUT2D eigenvalue weighted by Crippen LogP contribution is 2.37. The Kier molecular flexibility index (Phi) is 25.3. The van der Waals surface area contributed by atoms with E-state index in [4.69, 9.17) is 111 Å². The number of allylic oxidation sites excluding steroid dienone is 1. The summed E-state index contributed by atoms with van der Waals surface area (Å²) >= 11 is 33.7. The van der Waals surface area contributed by atoms with Crippen LogP contribution in [0.5, 0.6) is 0 Å². The third-order valence-electron chi connectivity index (χ3n) is 21.3. The number of esters is 6. The van der Waals surface area contributed by atoms with Crippen LogP contribution in [0.15, 0.2) is 194 Å². The number of nitrogens with zero attached hydrogens (tertiary/aromatic N) is 5.